The summed E-state index contributed by atoms with van der Waals surface area (Å²) < 4.78 is 5.86. The van der Waals surface area contributed by atoms with Gasteiger partial charge in [-0.05, 0) is 29.7 Å². The first-order valence-corrected chi connectivity index (χ1v) is 10.0. The molecule has 1 heterocycles. The largest absolute Gasteiger partial charge is 0.365 e. The van der Waals surface area contributed by atoms with Gasteiger partial charge in [-0.2, -0.15) is 37.9 Å². The number of benzene rings is 2. The first kappa shape index (κ1) is 17.6. The molecule has 0 amide bonds. The van der Waals surface area contributed by atoms with E-state index in [2.05, 4.69) is 86.4 Å². The van der Waals surface area contributed by atoms with Crippen LogP contribution in [0.1, 0.15) is 11.1 Å². The van der Waals surface area contributed by atoms with Crippen molar-refractivity contribution in [3.8, 4) is 0 Å². The van der Waals surface area contributed by atoms with Crippen LogP contribution in [0, 0.1) is 0 Å². The zero-order valence-corrected chi connectivity index (χ0v) is 16.1. The molecule has 1 aliphatic heterocycles. The SMILES string of the molecule is SC1COC(Sc2ccc(Cc3ccccc3)cc2)C(S)C1S. The molecule has 0 saturated carbocycles. The average molecular weight is 381 g/mol. The van der Waals surface area contributed by atoms with E-state index in [1.54, 1.807) is 11.8 Å². The Hall–Kier alpha value is -0.200. The molecule has 4 atom stereocenters. The van der Waals surface area contributed by atoms with Crippen LogP contribution in [0.25, 0.3) is 0 Å². The lowest BCUT2D eigenvalue weighted by Crippen LogP contribution is -2.43. The van der Waals surface area contributed by atoms with Crippen LogP contribution in [-0.4, -0.2) is 27.8 Å². The van der Waals surface area contributed by atoms with Crippen LogP contribution in [0.3, 0.4) is 0 Å². The van der Waals surface area contributed by atoms with Crippen molar-refractivity contribution in [2.75, 3.05) is 6.61 Å². The molecule has 0 aromatic heterocycles. The van der Waals surface area contributed by atoms with Crippen molar-refractivity contribution < 1.29 is 4.74 Å². The lowest BCUT2D eigenvalue weighted by molar-refractivity contribution is 0.0859. The van der Waals surface area contributed by atoms with Gasteiger partial charge in [0, 0.05) is 15.4 Å². The van der Waals surface area contributed by atoms with Crippen LogP contribution in [0.5, 0.6) is 0 Å². The first-order valence-electron chi connectivity index (χ1n) is 7.59. The minimum absolute atomic E-state index is 0.0178. The van der Waals surface area contributed by atoms with Gasteiger partial charge in [-0.3, -0.25) is 0 Å². The second kappa shape index (κ2) is 8.26. The zero-order valence-electron chi connectivity index (χ0n) is 12.6. The predicted octanol–water partition coefficient (Wildman–Crippen LogP) is 4.62. The van der Waals surface area contributed by atoms with E-state index < -0.39 is 0 Å². The van der Waals surface area contributed by atoms with Crippen LogP contribution >= 0.6 is 49.6 Å². The molecule has 3 rings (SSSR count). The van der Waals surface area contributed by atoms with E-state index in [1.165, 1.54) is 16.0 Å². The summed E-state index contributed by atoms with van der Waals surface area (Å²) in [7, 11) is 0. The number of thiol groups is 3. The average Bonchev–Trinajstić information content (AvgIpc) is 2.58. The molecule has 2 aromatic carbocycles. The molecule has 0 spiro atoms. The fourth-order valence-electron chi connectivity index (χ4n) is 2.53. The maximum atomic E-state index is 5.86. The Bertz CT molecular complexity index is 617. The van der Waals surface area contributed by atoms with E-state index in [0.29, 0.717) is 6.61 Å². The van der Waals surface area contributed by atoms with E-state index in [9.17, 15) is 0 Å². The molecule has 0 aliphatic carbocycles. The summed E-state index contributed by atoms with van der Waals surface area (Å²) in [6, 6.07) is 19.2. The summed E-state index contributed by atoms with van der Waals surface area (Å²) in [5.74, 6) is 0. The van der Waals surface area contributed by atoms with E-state index >= 15 is 0 Å². The van der Waals surface area contributed by atoms with Gasteiger partial charge in [0.15, 0.2) is 0 Å². The highest BCUT2D eigenvalue weighted by atomic mass is 32.2. The third-order valence-corrected chi connectivity index (χ3v) is 7.50. The highest BCUT2D eigenvalue weighted by molar-refractivity contribution is 8.00. The van der Waals surface area contributed by atoms with E-state index in [4.69, 9.17) is 4.74 Å². The van der Waals surface area contributed by atoms with Crippen LogP contribution in [0.2, 0.25) is 0 Å². The van der Waals surface area contributed by atoms with Crippen molar-refractivity contribution in [2.24, 2.45) is 0 Å². The van der Waals surface area contributed by atoms with E-state index in [1.807, 2.05) is 6.07 Å². The Balaban J connectivity index is 1.61. The third kappa shape index (κ3) is 4.67. The molecule has 23 heavy (non-hydrogen) atoms. The quantitative estimate of drug-likeness (QED) is 0.668. The van der Waals surface area contributed by atoms with Gasteiger partial charge in [-0.25, -0.2) is 0 Å². The predicted molar refractivity (Wildman–Crippen MR) is 110 cm³/mol. The topological polar surface area (TPSA) is 9.23 Å². The minimum atomic E-state index is 0.0178. The van der Waals surface area contributed by atoms with Gasteiger partial charge in [0.1, 0.15) is 5.44 Å². The standard InChI is InChI=1S/C18H20OS4/c20-15-11-19-18(17(22)16(15)21)23-14-8-6-13(7-9-14)10-12-4-2-1-3-5-12/h1-9,15-18,20-22H,10-11H2. The zero-order chi connectivity index (χ0) is 16.2. The minimum Gasteiger partial charge on any atom is -0.365 e. The molecule has 2 aromatic rings. The highest BCUT2D eigenvalue weighted by Crippen LogP contribution is 2.36. The fraction of sp³-hybridized carbons (Fsp3) is 0.333. The van der Waals surface area contributed by atoms with Gasteiger partial charge in [0.05, 0.1) is 11.9 Å². The molecule has 5 heteroatoms. The molecule has 1 saturated heterocycles. The van der Waals surface area contributed by atoms with Crippen LogP contribution in [-0.2, 0) is 11.2 Å². The number of hydrogen-bond donors (Lipinski definition) is 3. The molecule has 1 fully saturated rings. The summed E-state index contributed by atoms with van der Waals surface area (Å²) in [6.45, 7) is 0.623. The van der Waals surface area contributed by atoms with Crippen LogP contribution < -0.4 is 0 Å². The monoisotopic (exact) mass is 380 g/mol. The van der Waals surface area contributed by atoms with E-state index in [-0.39, 0.29) is 21.2 Å². The van der Waals surface area contributed by atoms with Gasteiger partial charge in [-0.1, -0.05) is 54.2 Å². The third-order valence-electron chi connectivity index (χ3n) is 3.88. The maximum Gasteiger partial charge on any atom is 0.120 e. The Morgan fingerprint density at radius 2 is 1.52 bits per heavy atom. The first-order chi connectivity index (χ1) is 11.1. The molecule has 1 aliphatic rings. The van der Waals surface area contributed by atoms with Crippen molar-refractivity contribution in [1.29, 1.82) is 0 Å². The Morgan fingerprint density at radius 1 is 0.870 bits per heavy atom. The lowest BCUT2D eigenvalue weighted by atomic mass is 10.1. The lowest BCUT2D eigenvalue weighted by Gasteiger charge is -2.36. The number of rotatable bonds is 4. The number of hydrogen-bond acceptors (Lipinski definition) is 5. The molecular formula is C18H20OS4. The van der Waals surface area contributed by atoms with Gasteiger partial charge < -0.3 is 4.74 Å². The summed E-state index contributed by atoms with van der Waals surface area (Å²) in [5, 5.41) is 0.361. The van der Waals surface area contributed by atoms with Gasteiger partial charge in [-0.15, -0.1) is 0 Å². The molecule has 122 valence electrons. The van der Waals surface area contributed by atoms with Crippen molar-refractivity contribution in [2.45, 2.75) is 32.5 Å². The van der Waals surface area contributed by atoms with Crippen molar-refractivity contribution in [3.63, 3.8) is 0 Å². The van der Waals surface area contributed by atoms with Gasteiger partial charge in [0.25, 0.3) is 0 Å². The molecule has 1 nitrogen and oxygen atoms in total. The Kier molecular flexibility index (Phi) is 6.32. The summed E-state index contributed by atoms with van der Waals surface area (Å²) in [4.78, 5) is 1.20. The second-order valence-corrected chi connectivity index (χ2v) is 8.70. The van der Waals surface area contributed by atoms with Crippen molar-refractivity contribution in [1.82, 2.24) is 0 Å². The Labute approximate surface area is 158 Å². The molecule has 0 N–H and O–H groups in total. The second-order valence-electron chi connectivity index (χ2n) is 5.67. The molecule has 0 radical (unpaired) electrons. The van der Waals surface area contributed by atoms with Crippen LogP contribution in [0.4, 0.5) is 0 Å². The number of ether oxygens (including phenoxy) is 1. The summed E-state index contributed by atoms with van der Waals surface area (Å²) >= 11 is 15.5. The normalized spacial score (nSPS) is 27.8. The molecular weight excluding hydrogens is 360 g/mol. The van der Waals surface area contributed by atoms with Crippen molar-refractivity contribution in [3.05, 3.63) is 65.7 Å². The highest BCUT2D eigenvalue weighted by Gasteiger charge is 2.35. The van der Waals surface area contributed by atoms with Gasteiger partial charge in [0.2, 0.25) is 0 Å². The smallest absolute Gasteiger partial charge is 0.120 e. The molecule has 4 unspecified atom stereocenters. The van der Waals surface area contributed by atoms with Gasteiger partial charge >= 0.3 is 0 Å². The summed E-state index contributed by atoms with van der Waals surface area (Å²) in [6.07, 6.45) is 0.959. The fourth-order valence-corrected chi connectivity index (χ4v) is 4.79. The van der Waals surface area contributed by atoms with E-state index in [0.717, 1.165) is 6.42 Å². The van der Waals surface area contributed by atoms with Crippen molar-refractivity contribution >= 4 is 49.6 Å². The maximum absolute atomic E-state index is 5.86. The number of thioether (sulfide) groups is 1. The Morgan fingerprint density at radius 3 is 2.22 bits per heavy atom. The van der Waals surface area contributed by atoms with Crippen LogP contribution in [0.15, 0.2) is 59.5 Å². The molecule has 0 bridgehead atoms. The summed E-state index contributed by atoms with van der Waals surface area (Å²) in [5.41, 5.74) is 2.66.